The lowest BCUT2D eigenvalue weighted by Crippen LogP contribution is -2.55. The highest BCUT2D eigenvalue weighted by molar-refractivity contribution is 6.09. The van der Waals surface area contributed by atoms with Crippen molar-refractivity contribution in [1.82, 2.24) is 19.6 Å². The molecular weight excluding hydrogens is 464 g/mol. The van der Waals surface area contributed by atoms with Crippen LogP contribution in [0.3, 0.4) is 0 Å². The lowest BCUT2D eigenvalue weighted by atomic mass is 9.85. The molecule has 0 N–H and O–H groups in total. The monoisotopic (exact) mass is 492 g/mol. The van der Waals surface area contributed by atoms with Gasteiger partial charge in [-0.2, -0.15) is 0 Å². The van der Waals surface area contributed by atoms with E-state index in [2.05, 4.69) is 0 Å². The van der Waals surface area contributed by atoms with Gasteiger partial charge in [-0.3, -0.25) is 38.6 Å². The molecule has 0 unspecified atom stereocenters. The second kappa shape index (κ2) is 7.60. The Labute approximate surface area is 207 Å². The van der Waals surface area contributed by atoms with Crippen LogP contribution in [-0.2, 0) is 28.8 Å². The van der Waals surface area contributed by atoms with Gasteiger partial charge in [-0.25, -0.2) is 0 Å². The second-order valence-corrected chi connectivity index (χ2v) is 11.3. The highest BCUT2D eigenvalue weighted by Crippen LogP contribution is 2.53. The fourth-order valence-corrected chi connectivity index (χ4v) is 7.92. The van der Waals surface area contributed by atoms with Crippen molar-refractivity contribution >= 4 is 35.4 Å². The number of allylic oxidation sites excluding steroid dienone is 4. The predicted octanol–water partition coefficient (Wildman–Crippen LogP) is -0.729. The molecule has 7 rings (SSSR count). The molecule has 0 aromatic heterocycles. The summed E-state index contributed by atoms with van der Waals surface area (Å²) in [6.45, 7) is 0.606. The number of piperazine rings is 1. The van der Waals surface area contributed by atoms with Gasteiger partial charge in [0.15, 0.2) is 0 Å². The van der Waals surface area contributed by atoms with Crippen LogP contribution in [0, 0.1) is 47.3 Å². The molecule has 5 fully saturated rings. The number of nitrogens with zero attached hydrogens (tertiary/aromatic N) is 4. The van der Waals surface area contributed by atoms with Crippen LogP contribution in [0.25, 0.3) is 0 Å². The lowest BCUT2D eigenvalue weighted by molar-refractivity contribution is -0.150. The third kappa shape index (κ3) is 2.90. The number of hydrogen-bond acceptors (Lipinski definition) is 6. The van der Waals surface area contributed by atoms with Crippen LogP contribution in [0.15, 0.2) is 24.3 Å². The Morgan fingerprint density at radius 1 is 0.556 bits per heavy atom. The van der Waals surface area contributed by atoms with E-state index < -0.39 is 0 Å². The Hall–Kier alpha value is -3.30. The molecule has 7 aliphatic rings. The van der Waals surface area contributed by atoms with Crippen molar-refractivity contribution in [3.8, 4) is 0 Å². The summed E-state index contributed by atoms with van der Waals surface area (Å²) >= 11 is 0. The van der Waals surface area contributed by atoms with Gasteiger partial charge < -0.3 is 9.80 Å². The number of imide groups is 2. The maximum Gasteiger partial charge on any atom is 0.242 e. The van der Waals surface area contributed by atoms with Gasteiger partial charge in [-0.1, -0.05) is 24.3 Å². The summed E-state index contributed by atoms with van der Waals surface area (Å²) in [7, 11) is 0. The van der Waals surface area contributed by atoms with E-state index in [0.29, 0.717) is 0 Å². The van der Waals surface area contributed by atoms with Crippen molar-refractivity contribution in [2.45, 2.75) is 12.8 Å². The van der Waals surface area contributed by atoms with Crippen molar-refractivity contribution in [1.29, 1.82) is 0 Å². The molecule has 2 saturated carbocycles. The summed E-state index contributed by atoms with van der Waals surface area (Å²) in [6.07, 6.45) is 9.78. The maximum absolute atomic E-state index is 12.9. The normalized spacial score (nSPS) is 39.8. The first-order chi connectivity index (χ1) is 17.3. The fourth-order valence-electron chi connectivity index (χ4n) is 7.92. The van der Waals surface area contributed by atoms with Crippen LogP contribution >= 0.6 is 0 Å². The molecule has 3 heterocycles. The van der Waals surface area contributed by atoms with Crippen molar-refractivity contribution in [2.75, 3.05) is 39.3 Å². The van der Waals surface area contributed by atoms with Crippen LogP contribution in [0.2, 0.25) is 0 Å². The number of likely N-dealkylation sites (tertiary alicyclic amines) is 2. The SMILES string of the molecule is O=C(CN1C(=O)[C@H]2[C@H](C1=O)[C@H]1C=C[C@H]2C1)N1CCN(C(=O)CN2C(=O)[C@H]3[C@H](C2=O)[C@H]2C=C[C@H]3C2)CC1. The van der Waals surface area contributed by atoms with E-state index in [4.69, 9.17) is 0 Å². The summed E-state index contributed by atoms with van der Waals surface area (Å²) in [5.41, 5.74) is 0. The van der Waals surface area contributed by atoms with E-state index in [-0.39, 0.29) is 122 Å². The zero-order chi connectivity index (χ0) is 24.9. The first kappa shape index (κ1) is 21.9. The summed E-state index contributed by atoms with van der Waals surface area (Å²) in [5, 5.41) is 0. The quantitative estimate of drug-likeness (QED) is 0.378. The van der Waals surface area contributed by atoms with Crippen LogP contribution in [0.4, 0.5) is 0 Å². The molecule has 0 radical (unpaired) electrons. The minimum atomic E-state index is -0.323. The van der Waals surface area contributed by atoms with Gasteiger partial charge in [-0.05, 0) is 36.5 Å². The average molecular weight is 493 g/mol. The Balaban J connectivity index is 0.931. The van der Waals surface area contributed by atoms with Gasteiger partial charge in [0.25, 0.3) is 0 Å². The van der Waals surface area contributed by atoms with Crippen LogP contribution < -0.4 is 0 Å². The van der Waals surface area contributed by atoms with E-state index in [1.165, 1.54) is 0 Å². The Bertz CT molecular complexity index is 1020. The molecule has 6 amide bonds. The van der Waals surface area contributed by atoms with Crippen LogP contribution in [0.1, 0.15) is 12.8 Å². The van der Waals surface area contributed by atoms with Gasteiger partial charge >= 0.3 is 0 Å². The smallest absolute Gasteiger partial charge is 0.242 e. The maximum atomic E-state index is 12.9. The van der Waals surface area contributed by atoms with E-state index in [0.717, 1.165) is 22.6 Å². The van der Waals surface area contributed by atoms with Crippen LogP contribution in [0.5, 0.6) is 0 Å². The lowest BCUT2D eigenvalue weighted by Gasteiger charge is -2.36. The molecular formula is C26H28N4O6. The number of hydrogen-bond donors (Lipinski definition) is 0. The molecule has 10 heteroatoms. The molecule has 10 nitrogen and oxygen atoms in total. The van der Waals surface area contributed by atoms with Gasteiger partial charge in [0.2, 0.25) is 35.4 Å². The number of fused-ring (bicyclic) bond motifs is 10. The fraction of sp³-hybridized carbons (Fsp3) is 0.615. The summed E-state index contributed by atoms with van der Waals surface area (Å²) < 4.78 is 0. The molecule has 0 spiro atoms. The molecule has 4 bridgehead atoms. The zero-order valence-electron chi connectivity index (χ0n) is 19.8. The van der Waals surface area contributed by atoms with E-state index >= 15 is 0 Å². The predicted molar refractivity (Wildman–Crippen MR) is 122 cm³/mol. The van der Waals surface area contributed by atoms with Crippen molar-refractivity contribution in [3.63, 3.8) is 0 Å². The molecule has 8 atom stereocenters. The molecule has 0 aromatic carbocycles. The number of rotatable bonds is 4. The zero-order valence-corrected chi connectivity index (χ0v) is 19.8. The first-order valence-corrected chi connectivity index (χ1v) is 13.0. The molecule has 188 valence electrons. The topological polar surface area (TPSA) is 115 Å². The van der Waals surface area contributed by atoms with Crippen molar-refractivity contribution < 1.29 is 28.8 Å². The van der Waals surface area contributed by atoms with Crippen molar-refractivity contribution in [3.05, 3.63) is 24.3 Å². The summed E-state index contributed by atoms with van der Waals surface area (Å²) in [4.78, 5) is 82.7. The molecule has 4 aliphatic carbocycles. The minimum absolute atomic E-state index is 0.103. The molecule has 3 saturated heterocycles. The largest absolute Gasteiger partial charge is 0.338 e. The first-order valence-electron chi connectivity index (χ1n) is 13.0. The Morgan fingerprint density at radius 2 is 0.833 bits per heavy atom. The highest BCUT2D eigenvalue weighted by Gasteiger charge is 2.60. The highest BCUT2D eigenvalue weighted by atomic mass is 16.2. The van der Waals surface area contributed by atoms with Gasteiger partial charge in [-0.15, -0.1) is 0 Å². The Kier molecular flexibility index (Phi) is 4.63. The van der Waals surface area contributed by atoms with Gasteiger partial charge in [0.1, 0.15) is 13.1 Å². The molecule has 36 heavy (non-hydrogen) atoms. The van der Waals surface area contributed by atoms with E-state index in [1.807, 2.05) is 24.3 Å². The van der Waals surface area contributed by atoms with E-state index in [9.17, 15) is 28.8 Å². The second-order valence-electron chi connectivity index (χ2n) is 11.3. The van der Waals surface area contributed by atoms with Crippen molar-refractivity contribution in [2.24, 2.45) is 47.3 Å². The average Bonchev–Trinajstić information content (AvgIpc) is 3.72. The molecule has 0 aromatic rings. The third-order valence-corrected chi connectivity index (χ3v) is 9.70. The molecule has 3 aliphatic heterocycles. The van der Waals surface area contributed by atoms with Crippen LogP contribution in [-0.4, -0.2) is 94.3 Å². The van der Waals surface area contributed by atoms with E-state index in [1.54, 1.807) is 9.80 Å². The number of carbonyl (C=O) groups is 6. The van der Waals surface area contributed by atoms with Gasteiger partial charge in [0.05, 0.1) is 23.7 Å². The number of amides is 6. The summed E-state index contributed by atoms with van der Waals surface area (Å²) in [6, 6.07) is 0. The minimum Gasteiger partial charge on any atom is -0.338 e. The summed E-state index contributed by atoms with van der Waals surface area (Å²) in [5.74, 6) is -2.44. The standard InChI is InChI=1S/C26H28N4O6/c31-17(11-29-23(33)19-13-1-2-14(9-13)20(19)24(29)34)27-5-7-28(8-6-27)18(32)12-30-25(35)21-15-3-4-16(10-15)22(21)26(30)36/h1-4,13-16,19-22H,5-12H2/t13-,14-,15-,16-,19+,20+,21+,22+/m0/s1. The number of carbonyl (C=O) groups excluding carboxylic acids is 6. The Morgan fingerprint density at radius 3 is 1.11 bits per heavy atom. The third-order valence-electron chi connectivity index (χ3n) is 9.70. The van der Waals surface area contributed by atoms with Gasteiger partial charge in [0, 0.05) is 26.2 Å².